The number of carboxylic acid groups (broad SMARTS) is 1. The fraction of sp³-hybridized carbons (Fsp3) is 0.583. The van der Waals surface area contributed by atoms with E-state index in [1.807, 2.05) is 19.2 Å². The first-order chi connectivity index (χ1) is 7.48. The highest BCUT2D eigenvalue weighted by molar-refractivity contribution is 7.07. The van der Waals surface area contributed by atoms with Gasteiger partial charge < -0.3 is 5.11 Å². The highest BCUT2D eigenvalue weighted by Crippen LogP contribution is 2.14. The van der Waals surface area contributed by atoms with Crippen molar-refractivity contribution in [1.29, 1.82) is 0 Å². The number of rotatable bonds is 6. The van der Waals surface area contributed by atoms with E-state index in [0.717, 1.165) is 6.42 Å². The van der Waals surface area contributed by atoms with Crippen LogP contribution in [0.1, 0.15) is 32.8 Å². The molecule has 0 aromatic carbocycles. The van der Waals surface area contributed by atoms with Crippen LogP contribution in [0.5, 0.6) is 0 Å². The predicted octanol–water partition coefficient (Wildman–Crippen LogP) is 2.52. The van der Waals surface area contributed by atoms with Gasteiger partial charge in [0.05, 0.1) is 0 Å². The summed E-state index contributed by atoms with van der Waals surface area (Å²) in [5, 5.41) is 16.5. The van der Waals surface area contributed by atoms with E-state index in [2.05, 4.69) is 16.8 Å². The third-order valence-electron chi connectivity index (χ3n) is 2.87. The van der Waals surface area contributed by atoms with Gasteiger partial charge in [-0.3, -0.25) is 10.1 Å². The molecule has 3 nitrogen and oxygen atoms in total. The van der Waals surface area contributed by atoms with Crippen molar-refractivity contribution in [3.8, 4) is 0 Å². The Morgan fingerprint density at radius 3 is 2.81 bits per heavy atom. The lowest BCUT2D eigenvalue weighted by Crippen LogP contribution is -2.53. The second-order valence-corrected chi connectivity index (χ2v) is 5.15. The molecule has 2 N–H and O–H groups in total. The molecule has 0 saturated heterocycles. The third-order valence-corrected chi connectivity index (χ3v) is 3.60. The summed E-state index contributed by atoms with van der Waals surface area (Å²) in [4.78, 5) is 11.1. The number of aliphatic carboxylic acids is 1. The van der Waals surface area contributed by atoms with Gasteiger partial charge in [-0.15, -0.1) is 0 Å². The largest absolute Gasteiger partial charge is 0.480 e. The second kappa shape index (κ2) is 5.46. The lowest BCUT2D eigenvalue weighted by molar-refractivity contribution is -0.144. The molecule has 16 heavy (non-hydrogen) atoms. The van der Waals surface area contributed by atoms with Gasteiger partial charge in [0.2, 0.25) is 0 Å². The number of carbonyl (C=O) groups is 1. The molecule has 90 valence electrons. The van der Waals surface area contributed by atoms with Crippen LogP contribution in [0.2, 0.25) is 0 Å². The monoisotopic (exact) mass is 241 g/mol. The van der Waals surface area contributed by atoms with E-state index in [1.54, 1.807) is 18.3 Å². The summed E-state index contributed by atoms with van der Waals surface area (Å²) in [6.45, 7) is 5.65. The number of nitrogens with one attached hydrogen (secondary N) is 1. The molecule has 0 aliphatic carbocycles. The maximum Gasteiger partial charge on any atom is 0.323 e. The van der Waals surface area contributed by atoms with Crippen molar-refractivity contribution in [2.75, 3.05) is 0 Å². The fourth-order valence-electron chi connectivity index (χ4n) is 1.67. The minimum Gasteiger partial charge on any atom is -0.480 e. The Morgan fingerprint density at radius 2 is 2.38 bits per heavy atom. The maximum atomic E-state index is 11.1. The standard InChI is InChI=1S/C12H19NO2S/c1-4-12(3,11(14)15)13-9(2)7-10-5-6-16-8-10/h5-6,8-9,13H,4,7H2,1-3H3,(H,14,15). The quantitative estimate of drug-likeness (QED) is 0.804. The van der Waals surface area contributed by atoms with E-state index in [-0.39, 0.29) is 6.04 Å². The highest BCUT2D eigenvalue weighted by atomic mass is 32.1. The van der Waals surface area contributed by atoms with Gasteiger partial charge in [0, 0.05) is 6.04 Å². The SMILES string of the molecule is CCC(C)(NC(C)Cc1ccsc1)C(=O)O. The summed E-state index contributed by atoms with van der Waals surface area (Å²) >= 11 is 1.67. The molecule has 0 aliphatic rings. The van der Waals surface area contributed by atoms with Crippen LogP contribution in [0.4, 0.5) is 0 Å². The van der Waals surface area contributed by atoms with Crippen molar-refractivity contribution in [2.45, 2.75) is 45.2 Å². The van der Waals surface area contributed by atoms with Crippen LogP contribution in [-0.2, 0) is 11.2 Å². The zero-order valence-electron chi connectivity index (χ0n) is 9.99. The van der Waals surface area contributed by atoms with Gasteiger partial charge in [-0.1, -0.05) is 6.92 Å². The van der Waals surface area contributed by atoms with Crippen LogP contribution in [0, 0.1) is 0 Å². The first kappa shape index (κ1) is 13.2. The van der Waals surface area contributed by atoms with Crippen LogP contribution in [0.25, 0.3) is 0 Å². The average molecular weight is 241 g/mol. The van der Waals surface area contributed by atoms with Crippen molar-refractivity contribution in [3.63, 3.8) is 0 Å². The predicted molar refractivity (Wildman–Crippen MR) is 67.0 cm³/mol. The Balaban J connectivity index is 2.56. The average Bonchev–Trinajstić information content (AvgIpc) is 2.69. The van der Waals surface area contributed by atoms with Crippen LogP contribution < -0.4 is 5.32 Å². The second-order valence-electron chi connectivity index (χ2n) is 4.37. The maximum absolute atomic E-state index is 11.1. The molecule has 1 aromatic heterocycles. The number of hydrogen-bond donors (Lipinski definition) is 2. The molecular formula is C12H19NO2S. The third kappa shape index (κ3) is 3.32. The smallest absolute Gasteiger partial charge is 0.323 e. The molecule has 4 heteroatoms. The summed E-state index contributed by atoms with van der Waals surface area (Å²) in [5.74, 6) is -0.785. The first-order valence-electron chi connectivity index (χ1n) is 5.50. The summed E-state index contributed by atoms with van der Waals surface area (Å²) in [6.07, 6.45) is 1.45. The normalized spacial score (nSPS) is 16.7. The zero-order valence-corrected chi connectivity index (χ0v) is 10.8. The van der Waals surface area contributed by atoms with E-state index < -0.39 is 11.5 Å². The Hall–Kier alpha value is -0.870. The molecule has 0 fully saturated rings. The fourth-order valence-corrected chi connectivity index (χ4v) is 2.35. The number of thiophene rings is 1. The summed E-state index contributed by atoms with van der Waals surface area (Å²) in [5.41, 5.74) is 0.434. The lowest BCUT2D eigenvalue weighted by atomic mass is 9.97. The van der Waals surface area contributed by atoms with Gasteiger partial charge in [-0.05, 0) is 49.1 Å². The van der Waals surface area contributed by atoms with Crippen LogP contribution in [0.3, 0.4) is 0 Å². The Bertz CT molecular complexity index is 337. The van der Waals surface area contributed by atoms with E-state index >= 15 is 0 Å². The van der Waals surface area contributed by atoms with Crippen molar-refractivity contribution < 1.29 is 9.90 Å². The number of carboxylic acids is 1. The van der Waals surface area contributed by atoms with E-state index in [1.165, 1.54) is 5.56 Å². The van der Waals surface area contributed by atoms with Gasteiger partial charge >= 0.3 is 5.97 Å². The van der Waals surface area contributed by atoms with Crippen molar-refractivity contribution in [3.05, 3.63) is 22.4 Å². The first-order valence-corrected chi connectivity index (χ1v) is 6.44. The molecule has 0 radical (unpaired) electrons. The van der Waals surface area contributed by atoms with E-state index in [0.29, 0.717) is 6.42 Å². The van der Waals surface area contributed by atoms with Crippen LogP contribution in [-0.4, -0.2) is 22.7 Å². The minimum atomic E-state index is -0.824. The zero-order chi connectivity index (χ0) is 12.2. The molecule has 1 heterocycles. The van der Waals surface area contributed by atoms with Gasteiger partial charge in [0.15, 0.2) is 0 Å². The van der Waals surface area contributed by atoms with Gasteiger partial charge in [-0.2, -0.15) is 11.3 Å². The molecule has 0 amide bonds. The lowest BCUT2D eigenvalue weighted by Gasteiger charge is -2.28. The van der Waals surface area contributed by atoms with Gasteiger partial charge in [-0.25, -0.2) is 0 Å². The van der Waals surface area contributed by atoms with E-state index in [4.69, 9.17) is 5.11 Å². The summed E-state index contributed by atoms with van der Waals surface area (Å²) < 4.78 is 0. The summed E-state index contributed by atoms with van der Waals surface area (Å²) in [7, 11) is 0. The molecule has 1 rings (SSSR count). The Kier molecular flexibility index (Phi) is 4.50. The molecule has 1 aromatic rings. The van der Waals surface area contributed by atoms with Crippen molar-refractivity contribution >= 4 is 17.3 Å². The summed E-state index contributed by atoms with van der Waals surface area (Å²) in [6, 6.07) is 2.24. The molecule has 2 atom stereocenters. The Morgan fingerprint density at radius 1 is 1.69 bits per heavy atom. The van der Waals surface area contributed by atoms with Crippen molar-refractivity contribution in [2.24, 2.45) is 0 Å². The van der Waals surface area contributed by atoms with Gasteiger partial charge in [0.25, 0.3) is 0 Å². The Labute approximate surface area is 100 Å². The molecule has 0 bridgehead atoms. The highest BCUT2D eigenvalue weighted by Gasteiger charge is 2.31. The van der Waals surface area contributed by atoms with Crippen LogP contribution >= 0.6 is 11.3 Å². The van der Waals surface area contributed by atoms with Crippen LogP contribution in [0.15, 0.2) is 16.8 Å². The number of hydrogen-bond acceptors (Lipinski definition) is 3. The molecule has 0 spiro atoms. The minimum absolute atomic E-state index is 0.163. The molecule has 0 saturated carbocycles. The van der Waals surface area contributed by atoms with E-state index in [9.17, 15) is 4.79 Å². The van der Waals surface area contributed by atoms with Crippen molar-refractivity contribution in [1.82, 2.24) is 5.32 Å². The van der Waals surface area contributed by atoms with Gasteiger partial charge in [0.1, 0.15) is 5.54 Å². The topological polar surface area (TPSA) is 49.3 Å². The molecule has 2 unspecified atom stereocenters. The molecule has 0 aliphatic heterocycles. The molecular weight excluding hydrogens is 222 g/mol.